The van der Waals surface area contributed by atoms with E-state index in [1.165, 1.54) is 0 Å². The molecule has 2 atom stereocenters. The van der Waals surface area contributed by atoms with Crippen molar-refractivity contribution in [1.29, 1.82) is 0 Å². The summed E-state index contributed by atoms with van der Waals surface area (Å²) in [6.45, 7) is 17.2. The monoisotopic (exact) mass is 591 g/mol. The molecule has 0 radical (unpaired) electrons. The molecule has 0 spiro atoms. The summed E-state index contributed by atoms with van der Waals surface area (Å²) >= 11 is 0. The van der Waals surface area contributed by atoms with Crippen LogP contribution in [-0.4, -0.2) is 103 Å². The predicted molar refractivity (Wildman–Crippen MR) is 163 cm³/mol. The van der Waals surface area contributed by atoms with Crippen molar-refractivity contribution in [2.75, 3.05) is 40.5 Å². The zero-order chi connectivity index (χ0) is 31.6. The molecule has 0 unspecified atom stereocenters. The average Bonchev–Trinajstić information content (AvgIpc) is 2.90. The first-order chi connectivity index (χ1) is 19.7. The smallest absolute Gasteiger partial charge is 0.410 e. The summed E-state index contributed by atoms with van der Waals surface area (Å²) in [7, 11) is 3.20. The van der Waals surface area contributed by atoms with Gasteiger partial charge in [0.1, 0.15) is 5.60 Å². The van der Waals surface area contributed by atoms with Crippen LogP contribution in [-0.2, 0) is 14.3 Å². The SMILES string of the molecule is CCN(C(=O)C[C@H]1CC[C@@H](N(C(=O)c2ccc(OC)c(OCCCOC)c2)C(C)C)CN1C(=O)OC(C)(C)C)C(C)C. The van der Waals surface area contributed by atoms with Crippen LogP contribution in [0.2, 0.25) is 0 Å². The summed E-state index contributed by atoms with van der Waals surface area (Å²) in [5.41, 5.74) is -0.217. The molecule has 1 aliphatic heterocycles. The van der Waals surface area contributed by atoms with Crippen LogP contribution in [0.5, 0.6) is 11.5 Å². The molecular weight excluding hydrogens is 538 g/mol. The maximum atomic E-state index is 14.0. The van der Waals surface area contributed by atoms with Crippen LogP contribution in [0.15, 0.2) is 18.2 Å². The van der Waals surface area contributed by atoms with Crippen molar-refractivity contribution in [3.63, 3.8) is 0 Å². The molecule has 1 saturated heterocycles. The zero-order valence-corrected chi connectivity index (χ0v) is 27.4. The van der Waals surface area contributed by atoms with Gasteiger partial charge >= 0.3 is 6.09 Å². The van der Waals surface area contributed by atoms with E-state index in [9.17, 15) is 14.4 Å². The van der Waals surface area contributed by atoms with E-state index in [1.807, 2.05) is 65.2 Å². The second-order valence-corrected chi connectivity index (χ2v) is 12.4. The molecule has 1 heterocycles. The fraction of sp³-hybridized carbons (Fsp3) is 0.719. The molecular formula is C32H53N3O7. The summed E-state index contributed by atoms with van der Waals surface area (Å²) < 4.78 is 22.2. The van der Waals surface area contributed by atoms with Crippen LogP contribution in [0.1, 0.15) is 91.4 Å². The van der Waals surface area contributed by atoms with Crippen LogP contribution < -0.4 is 9.47 Å². The number of hydrogen-bond donors (Lipinski definition) is 0. The third-order valence-electron chi connectivity index (χ3n) is 7.35. The van der Waals surface area contributed by atoms with E-state index in [1.54, 1.807) is 37.3 Å². The number of methoxy groups -OCH3 is 2. The summed E-state index contributed by atoms with van der Waals surface area (Å²) in [5, 5.41) is 0. The van der Waals surface area contributed by atoms with E-state index in [0.29, 0.717) is 56.1 Å². The molecule has 1 aliphatic rings. The van der Waals surface area contributed by atoms with Crippen molar-refractivity contribution >= 4 is 17.9 Å². The van der Waals surface area contributed by atoms with Crippen molar-refractivity contribution in [3.8, 4) is 11.5 Å². The number of amides is 3. The number of carbonyl (C=O) groups is 3. The summed E-state index contributed by atoms with van der Waals surface area (Å²) in [5.74, 6) is 0.892. The Kier molecular flexibility index (Phi) is 13.4. The fourth-order valence-electron chi connectivity index (χ4n) is 5.42. The minimum atomic E-state index is -0.692. The number of rotatable bonds is 13. The highest BCUT2D eigenvalue weighted by Gasteiger charge is 2.40. The molecule has 0 aliphatic carbocycles. The Balaban J connectivity index is 2.34. The van der Waals surface area contributed by atoms with Crippen molar-refractivity contribution < 1.29 is 33.3 Å². The molecule has 3 amide bonds. The maximum absolute atomic E-state index is 14.0. The first kappa shape index (κ1) is 35.2. The Morgan fingerprint density at radius 1 is 1.00 bits per heavy atom. The van der Waals surface area contributed by atoms with Gasteiger partial charge in [-0.05, 0) is 86.4 Å². The first-order valence-corrected chi connectivity index (χ1v) is 15.1. The van der Waals surface area contributed by atoms with Gasteiger partial charge < -0.3 is 33.6 Å². The molecule has 0 N–H and O–H groups in total. The van der Waals surface area contributed by atoms with Crippen molar-refractivity contribution in [1.82, 2.24) is 14.7 Å². The topological polar surface area (TPSA) is 97.9 Å². The Labute approximate surface area is 252 Å². The molecule has 10 nitrogen and oxygen atoms in total. The lowest BCUT2D eigenvalue weighted by atomic mass is 9.93. The Morgan fingerprint density at radius 3 is 2.24 bits per heavy atom. The van der Waals surface area contributed by atoms with Crippen molar-refractivity contribution in [2.45, 2.75) is 111 Å². The zero-order valence-electron chi connectivity index (χ0n) is 27.4. The number of likely N-dealkylation sites (tertiary alicyclic amines) is 1. The van der Waals surface area contributed by atoms with Crippen LogP contribution in [0.25, 0.3) is 0 Å². The summed E-state index contributed by atoms with van der Waals surface area (Å²) in [4.78, 5) is 46.0. The van der Waals surface area contributed by atoms with E-state index in [2.05, 4.69) is 0 Å². The highest BCUT2D eigenvalue weighted by Crippen LogP contribution is 2.32. The van der Waals surface area contributed by atoms with Gasteiger partial charge in [-0.15, -0.1) is 0 Å². The maximum Gasteiger partial charge on any atom is 0.410 e. The second-order valence-electron chi connectivity index (χ2n) is 12.4. The van der Waals surface area contributed by atoms with Crippen LogP contribution in [0.4, 0.5) is 4.79 Å². The summed E-state index contributed by atoms with van der Waals surface area (Å²) in [6.07, 6.45) is 1.69. The quantitative estimate of drug-likeness (QED) is 0.284. The van der Waals surface area contributed by atoms with Gasteiger partial charge in [-0.1, -0.05) is 0 Å². The lowest BCUT2D eigenvalue weighted by Crippen LogP contribution is -2.58. The van der Waals surface area contributed by atoms with Gasteiger partial charge in [0.25, 0.3) is 5.91 Å². The van der Waals surface area contributed by atoms with Gasteiger partial charge in [0.05, 0.1) is 19.8 Å². The number of ether oxygens (including phenoxy) is 4. The standard InChI is InChI=1S/C32H53N3O7/c1-11-33(22(2)3)29(36)20-25-14-15-26(21-34(25)31(38)42-32(6,7)8)35(23(4)5)30(37)24-13-16-27(40-10)28(19-24)41-18-12-17-39-9/h13,16,19,22-23,25-26H,11-12,14-15,17-18,20-21H2,1-10H3/t25-,26-/m1/s1. The number of benzene rings is 1. The van der Waals surface area contributed by atoms with Gasteiger partial charge in [-0.3, -0.25) is 9.59 Å². The first-order valence-electron chi connectivity index (χ1n) is 15.1. The normalized spacial score (nSPS) is 17.3. The highest BCUT2D eigenvalue weighted by atomic mass is 16.6. The lowest BCUT2D eigenvalue weighted by molar-refractivity contribution is -0.134. The van der Waals surface area contributed by atoms with Gasteiger partial charge in [-0.2, -0.15) is 0 Å². The molecule has 1 fully saturated rings. The minimum Gasteiger partial charge on any atom is -0.493 e. The van der Waals surface area contributed by atoms with Crippen molar-refractivity contribution in [3.05, 3.63) is 23.8 Å². The summed E-state index contributed by atoms with van der Waals surface area (Å²) in [6, 6.07) is 4.56. The second kappa shape index (κ2) is 16.0. The number of hydrogen-bond acceptors (Lipinski definition) is 7. The number of carbonyl (C=O) groups excluding carboxylic acids is 3. The van der Waals surface area contributed by atoms with Gasteiger partial charge in [0, 0.05) is 63.3 Å². The van der Waals surface area contributed by atoms with Gasteiger partial charge in [0.15, 0.2) is 11.5 Å². The molecule has 2 rings (SSSR count). The minimum absolute atomic E-state index is 0.0116. The predicted octanol–water partition coefficient (Wildman–Crippen LogP) is 5.38. The number of nitrogens with zero attached hydrogens (tertiary/aromatic N) is 3. The average molecular weight is 592 g/mol. The van der Waals surface area contributed by atoms with Crippen molar-refractivity contribution in [2.24, 2.45) is 0 Å². The lowest BCUT2D eigenvalue weighted by Gasteiger charge is -2.45. The number of piperidine rings is 1. The molecule has 0 saturated carbocycles. The molecule has 238 valence electrons. The Morgan fingerprint density at radius 2 is 1.69 bits per heavy atom. The van der Waals surface area contributed by atoms with Crippen LogP contribution >= 0.6 is 0 Å². The largest absolute Gasteiger partial charge is 0.493 e. The molecule has 1 aromatic rings. The van der Waals surface area contributed by atoms with E-state index < -0.39 is 11.7 Å². The fourth-order valence-corrected chi connectivity index (χ4v) is 5.42. The van der Waals surface area contributed by atoms with E-state index >= 15 is 0 Å². The van der Waals surface area contributed by atoms with E-state index in [4.69, 9.17) is 18.9 Å². The third-order valence-corrected chi connectivity index (χ3v) is 7.35. The highest BCUT2D eigenvalue weighted by molar-refractivity contribution is 5.95. The molecule has 42 heavy (non-hydrogen) atoms. The molecule has 1 aromatic carbocycles. The van der Waals surface area contributed by atoms with E-state index in [0.717, 1.165) is 0 Å². The molecule has 0 bridgehead atoms. The van der Waals surface area contributed by atoms with Gasteiger partial charge in [-0.25, -0.2) is 4.79 Å². The molecule has 0 aromatic heterocycles. The Hall–Kier alpha value is -3.01. The van der Waals surface area contributed by atoms with Crippen LogP contribution in [0, 0.1) is 0 Å². The van der Waals surface area contributed by atoms with Gasteiger partial charge in [0.2, 0.25) is 5.91 Å². The van der Waals surface area contributed by atoms with E-state index in [-0.39, 0.29) is 48.9 Å². The Bertz CT molecular complexity index is 1040. The molecule has 10 heteroatoms. The van der Waals surface area contributed by atoms with Crippen LogP contribution in [0.3, 0.4) is 0 Å². The third kappa shape index (κ3) is 9.78.